The molecule has 21 heavy (non-hydrogen) atoms. The number of nitrogens with zero attached hydrogens (tertiary/aromatic N) is 3. The van der Waals surface area contributed by atoms with Crippen LogP contribution in [0.4, 0.5) is 0 Å². The first-order valence-corrected chi connectivity index (χ1v) is 7.35. The van der Waals surface area contributed by atoms with Gasteiger partial charge in [0.15, 0.2) is 0 Å². The fourth-order valence-electron chi connectivity index (χ4n) is 3.31. The first kappa shape index (κ1) is 13.9. The molecule has 2 heterocycles. The van der Waals surface area contributed by atoms with Crippen molar-refractivity contribution < 1.29 is 4.74 Å². The monoisotopic (exact) mass is 282 g/mol. The van der Waals surface area contributed by atoms with Crippen LogP contribution < -0.4 is 10.1 Å². The molecule has 1 aromatic carbocycles. The third kappa shape index (κ3) is 2.85. The van der Waals surface area contributed by atoms with Gasteiger partial charge in [-0.15, -0.1) is 0 Å². The zero-order chi connectivity index (χ0) is 14.7. The van der Waals surface area contributed by atoms with Gasteiger partial charge in [0, 0.05) is 31.7 Å². The first-order chi connectivity index (χ1) is 10.3. The zero-order valence-corrected chi connectivity index (χ0v) is 11.9. The minimum atomic E-state index is 0.428. The number of nitriles is 2. The first-order valence-electron chi connectivity index (χ1n) is 7.35. The summed E-state index contributed by atoms with van der Waals surface area (Å²) in [7, 11) is 0. The van der Waals surface area contributed by atoms with Gasteiger partial charge in [-0.1, -0.05) is 0 Å². The summed E-state index contributed by atoms with van der Waals surface area (Å²) in [6, 6.07) is 10.4. The summed E-state index contributed by atoms with van der Waals surface area (Å²) in [5.41, 5.74) is 0.913. The fourth-order valence-corrected chi connectivity index (χ4v) is 3.31. The number of nitrogens with one attached hydrogen (secondary N) is 1. The maximum atomic E-state index is 9.12. The lowest BCUT2D eigenvalue weighted by Crippen LogP contribution is -2.52. The number of rotatable bonds is 4. The van der Waals surface area contributed by atoms with E-state index in [1.807, 2.05) is 6.07 Å². The molecule has 2 aliphatic heterocycles. The van der Waals surface area contributed by atoms with Crippen molar-refractivity contribution in [3.63, 3.8) is 0 Å². The van der Waals surface area contributed by atoms with Crippen LogP contribution in [0.5, 0.6) is 5.75 Å². The van der Waals surface area contributed by atoms with E-state index in [4.69, 9.17) is 15.3 Å². The molecule has 0 aliphatic carbocycles. The second-order valence-electron chi connectivity index (χ2n) is 5.56. The van der Waals surface area contributed by atoms with Crippen LogP contribution in [0.15, 0.2) is 18.2 Å². The van der Waals surface area contributed by atoms with Crippen molar-refractivity contribution in [2.45, 2.75) is 24.9 Å². The molecule has 2 aliphatic rings. The Morgan fingerprint density at radius 2 is 1.95 bits per heavy atom. The van der Waals surface area contributed by atoms with Gasteiger partial charge in [0.25, 0.3) is 0 Å². The quantitative estimate of drug-likeness (QED) is 0.899. The van der Waals surface area contributed by atoms with Crippen LogP contribution in [0.3, 0.4) is 0 Å². The number of piperazine rings is 1. The molecule has 0 spiro atoms. The summed E-state index contributed by atoms with van der Waals surface area (Å²) in [6.45, 7) is 3.60. The van der Waals surface area contributed by atoms with Gasteiger partial charge >= 0.3 is 0 Å². The molecule has 1 N–H and O–H groups in total. The van der Waals surface area contributed by atoms with Crippen LogP contribution in [-0.2, 0) is 0 Å². The van der Waals surface area contributed by atoms with E-state index in [2.05, 4.69) is 16.3 Å². The third-order valence-corrected chi connectivity index (χ3v) is 4.37. The minimum absolute atomic E-state index is 0.428. The topological polar surface area (TPSA) is 72.1 Å². The van der Waals surface area contributed by atoms with Crippen molar-refractivity contribution in [1.29, 1.82) is 10.5 Å². The Balaban J connectivity index is 1.59. The summed E-state index contributed by atoms with van der Waals surface area (Å²) in [6.07, 6.45) is 2.52. The van der Waals surface area contributed by atoms with Crippen LogP contribution in [0.1, 0.15) is 24.0 Å². The number of hydrogen-bond acceptors (Lipinski definition) is 5. The molecule has 5 heteroatoms. The molecular weight excluding hydrogens is 264 g/mol. The Kier molecular flexibility index (Phi) is 4.06. The number of ether oxygens (including phenoxy) is 1. The molecule has 0 amide bonds. The van der Waals surface area contributed by atoms with E-state index in [0.29, 0.717) is 35.6 Å². The smallest absolute Gasteiger partial charge is 0.137 e. The van der Waals surface area contributed by atoms with Crippen LogP contribution in [0.25, 0.3) is 0 Å². The highest BCUT2D eigenvalue weighted by Crippen LogP contribution is 2.26. The van der Waals surface area contributed by atoms with E-state index < -0.39 is 0 Å². The van der Waals surface area contributed by atoms with Crippen molar-refractivity contribution in [1.82, 2.24) is 10.2 Å². The molecule has 0 aromatic heterocycles. The molecule has 0 saturated carbocycles. The minimum Gasteiger partial charge on any atom is -0.491 e. The summed E-state index contributed by atoms with van der Waals surface area (Å²) < 4.78 is 5.76. The molecule has 2 saturated heterocycles. The average Bonchev–Trinajstić information content (AvgIpc) is 2.75. The van der Waals surface area contributed by atoms with E-state index in [0.717, 1.165) is 19.6 Å². The van der Waals surface area contributed by atoms with Crippen molar-refractivity contribution in [2.75, 3.05) is 26.2 Å². The normalized spacial score (nSPS) is 24.3. The summed E-state index contributed by atoms with van der Waals surface area (Å²) >= 11 is 0. The molecule has 0 radical (unpaired) electrons. The molecule has 2 fully saturated rings. The highest BCUT2D eigenvalue weighted by atomic mass is 16.5. The lowest BCUT2D eigenvalue weighted by molar-refractivity contribution is 0.127. The summed E-state index contributed by atoms with van der Waals surface area (Å²) in [5.74, 6) is 0.569. The van der Waals surface area contributed by atoms with E-state index in [-0.39, 0.29) is 0 Å². The molecule has 1 aromatic rings. The van der Waals surface area contributed by atoms with Crippen molar-refractivity contribution in [3.8, 4) is 17.9 Å². The van der Waals surface area contributed by atoms with Gasteiger partial charge in [0.05, 0.1) is 17.2 Å². The highest BCUT2D eigenvalue weighted by Gasteiger charge is 2.35. The van der Waals surface area contributed by atoms with Gasteiger partial charge in [-0.25, -0.2) is 0 Å². The molecular formula is C16H18N4O. The van der Waals surface area contributed by atoms with Crippen LogP contribution in [-0.4, -0.2) is 43.2 Å². The predicted molar refractivity (Wildman–Crippen MR) is 77.8 cm³/mol. The number of hydrogen-bond donors (Lipinski definition) is 1. The van der Waals surface area contributed by atoms with E-state index in [9.17, 15) is 0 Å². The fraction of sp³-hybridized carbons (Fsp3) is 0.500. The standard InChI is InChI=1S/C16H18N4O/c17-8-12-1-4-16(13(7-12)9-18)21-6-5-20-14-2-3-15(20)11-19-10-14/h1,4,7,14-15,19H,2-3,5-6,10-11H2. The Morgan fingerprint density at radius 1 is 1.19 bits per heavy atom. The Hall–Kier alpha value is -2.08. The zero-order valence-electron chi connectivity index (χ0n) is 11.9. The Labute approximate surface area is 124 Å². The van der Waals surface area contributed by atoms with Gasteiger partial charge in [-0.05, 0) is 31.0 Å². The number of benzene rings is 1. The van der Waals surface area contributed by atoms with Gasteiger partial charge in [0.1, 0.15) is 18.4 Å². The van der Waals surface area contributed by atoms with Gasteiger partial charge < -0.3 is 10.1 Å². The van der Waals surface area contributed by atoms with E-state index >= 15 is 0 Å². The SMILES string of the molecule is N#Cc1ccc(OCCN2C3CCC2CNC3)c(C#N)c1. The average molecular weight is 282 g/mol. The maximum absolute atomic E-state index is 9.12. The van der Waals surface area contributed by atoms with Crippen LogP contribution >= 0.6 is 0 Å². The summed E-state index contributed by atoms with van der Waals surface area (Å²) in [4.78, 5) is 2.52. The van der Waals surface area contributed by atoms with Gasteiger partial charge in [-0.3, -0.25) is 4.90 Å². The lowest BCUT2D eigenvalue weighted by Gasteiger charge is -2.35. The third-order valence-electron chi connectivity index (χ3n) is 4.37. The van der Waals surface area contributed by atoms with Crippen LogP contribution in [0.2, 0.25) is 0 Å². The van der Waals surface area contributed by atoms with Crippen molar-refractivity contribution in [2.24, 2.45) is 0 Å². The van der Waals surface area contributed by atoms with E-state index in [1.165, 1.54) is 12.8 Å². The number of fused-ring (bicyclic) bond motifs is 2. The second kappa shape index (κ2) is 6.13. The van der Waals surface area contributed by atoms with Crippen molar-refractivity contribution >= 4 is 0 Å². The molecule has 2 atom stereocenters. The second-order valence-corrected chi connectivity index (χ2v) is 5.56. The summed E-state index contributed by atoms with van der Waals surface area (Å²) in [5, 5.41) is 21.4. The molecule has 3 rings (SSSR count). The molecule has 108 valence electrons. The maximum Gasteiger partial charge on any atom is 0.137 e. The highest BCUT2D eigenvalue weighted by molar-refractivity contribution is 5.48. The molecule has 2 unspecified atom stereocenters. The predicted octanol–water partition coefficient (Wildman–Crippen LogP) is 1.24. The van der Waals surface area contributed by atoms with Crippen molar-refractivity contribution in [3.05, 3.63) is 29.3 Å². The Bertz CT molecular complexity index is 585. The lowest BCUT2D eigenvalue weighted by atomic mass is 10.1. The van der Waals surface area contributed by atoms with Crippen LogP contribution in [0, 0.1) is 22.7 Å². The van der Waals surface area contributed by atoms with Gasteiger partial charge in [-0.2, -0.15) is 10.5 Å². The van der Waals surface area contributed by atoms with E-state index in [1.54, 1.807) is 18.2 Å². The Morgan fingerprint density at radius 3 is 2.62 bits per heavy atom. The van der Waals surface area contributed by atoms with Gasteiger partial charge in [0.2, 0.25) is 0 Å². The molecule has 5 nitrogen and oxygen atoms in total. The molecule has 2 bridgehead atoms. The largest absolute Gasteiger partial charge is 0.491 e.